The summed E-state index contributed by atoms with van der Waals surface area (Å²) in [6.07, 6.45) is 10.1. The van der Waals surface area contributed by atoms with Gasteiger partial charge in [-0.25, -0.2) is 0 Å². The van der Waals surface area contributed by atoms with Crippen LogP contribution in [0, 0.1) is 11.8 Å². The van der Waals surface area contributed by atoms with E-state index in [0.29, 0.717) is 6.04 Å². The van der Waals surface area contributed by atoms with Gasteiger partial charge in [0.1, 0.15) is 0 Å². The van der Waals surface area contributed by atoms with Crippen LogP contribution in [0.2, 0.25) is 0 Å². The average Bonchev–Trinajstić information content (AvgIpc) is 3.36. The van der Waals surface area contributed by atoms with Crippen molar-refractivity contribution in [1.82, 2.24) is 5.32 Å². The molecule has 2 nitrogen and oxygen atoms in total. The second kappa shape index (κ2) is 6.00. The van der Waals surface area contributed by atoms with Gasteiger partial charge in [0.15, 0.2) is 0 Å². The Morgan fingerprint density at radius 1 is 1.00 bits per heavy atom. The molecule has 2 saturated carbocycles. The maximum absolute atomic E-state index is 3.83. The summed E-state index contributed by atoms with van der Waals surface area (Å²) in [5, 5.41) is 3.83. The molecule has 2 heteroatoms. The molecule has 3 aliphatic rings. The highest BCUT2D eigenvalue weighted by Gasteiger charge is 2.34. The van der Waals surface area contributed by atoms with Crippen LogP contribution in [0.4, 0.5) is 5.69 Å². The van der Waals surface area contributed by atoms with Crippen LogP contribution in [0.3, 0.4) is 0 Å². The van der Waals surface area contributed by atoms with E-state index < -0.39 is 0 Å². The first-order valence-corrected chi connectivity index (χ1v) is 8.96. The summed E-state index contributed by atoms with van der Waals surface area (Å²) in [6, 6.07) is 9.77. The van der Waals surface area contributed by atoms with Crippen LogP contribution in [0.15, 0.2) is 24.3 Å². The third kappa shape index (κ3) is 3.11. The lowest BCUT2D eigenvalue weighted by molar-refractivity contribution is 0.351. The zero-order chi connectivity index (χ0) is 14.1. The quantitative estimate of drug-likeness (QED) is 0.904. The van der Waals surface area contributed by atoms with E-state index in [1.807, 2.05) is 0 Å². The van der Waals surface area contributed by atoms with Crippen LogP contribution >= 0.6 is 0 Å². The fourth-order valence-corrected chi connectivity index (χ4v) is 4.28. The normalized spacial score (nSPS) is 27.2. The van der Waals surface area contributed by atoms with E-state index in [4.69, 9.17) is 0 Å². The molecular weight excluding hydrogens is 256 g/mol. The molecule has 0 spiro atoms. The third-order valence-electron chi connectivity index (χ3n) is 5.70. The van der Waals surface area contributed by atoms with Gasteiger partial charge in [0, 0.05) is 31.4 Å². The first-order valence-electron chi connectivity index (χ1n) is 8.96. The number of para-hydroxylation sites is 1. The van der Waals surface area contributed by atoms with E-state index in [2.05, 4.69) is 34.5 Å². The van der Waals surface area contributed by atoms with Crippen LogP contribution in [0.25, 0.3) is 0 Å². The predicted molar refractivity (Wildman–Crippen MR) is 88.6 cm³/mol. The molecule has 1 aromatic rings. The minimum absolute atomic E-state index is 0.709. The van der Waals surface area contributed by atoms with E-state index in [1.54, 1.807) is 0 Å². The third-order valence-corrected chi connectivity index (χ3v) is 5.70. The maximum atomic E-state index is 3.83. The number of hydrogen-bond donors (Lipinski definition) is 1. The van der Waals surface area contributed by atoms with Crippen molar-refractivity contribution in [2.45, 2.75) is 57.5 Å². The highest BCUT2D eigenvalue weighted by molar-refractivity contribution is 5.54. The van der Waals surface area contributed by atoms with Gasteiger partial charge in [-0.2, -0.15) is 0 Å². The SMILES string of the molecule is c1ccc2c(c1)CNC(C1CC1)CN2CC1CCCCC1. The molecule has 1 aliphatic heterocycles. The standard InChI is InChI=1S/C19H28N2/c1-2-6-15(7-3-1)13-21-14-18(16-10-11-16)20-12-17-8-4-5-9-19(17)21/h4-5,8-9,15-16,18,20H,1-3,6-7,10-14H2. The molecule has 4 rings (SSSR count). The van der Waals surface area contributed by atoms with Gasteiger partial charge < -0.3 is 10.2 Å². The summed E-state index contributed by atoms with van der Waals surface area (Å²) in [5.41, 5.74) is 3.00. The van der Waals surface area contributed by atoms with Crippen LogP contribution < -0.4 is 10.2 Å². The van der Waals surface area contributed by atoms with Gasteiger partial charge >= 0.3 is 0 Å². The Balaban J connectivity index is 1.54. The Bertz CT molecular complexity index is 474. The first kappa shape index (κ1) is 13.6. The molecule has 1 unspecified atom stereocenters. The summed E-state index contributed by atoms with van der Waals surface area (Å²) in [4.78, 5) is 2.72. The molecule has 0 saturated heterocycles. The maximum Gasteiger partial charge on any atom is 0.0412 e. The molecule has 0 amide bonds. The number of fused-ring (bicyclic) bond motifs is 1. The van der Waals surface area contributed by atoms with E-state index in [-0.39, 0.29) is 0 Å². The Labute approximate surface area is 128 Å². The zero-order valence-corrected chi connectivity index (χ0v) is 13.1. The number of rotatable bonds is 3. The van der Waals surface area contributed by atoms with Crippen LogP contribution in [0.5, 0.6) is 0 Å². The van der Waals surface area contributed by atoms with Crippen molar-refractivity contribution in [1.29, 1.82) is 0 Å². The molecule has 21 heavy (non-hydrogen) atoms. The number of nitrogens with one attached hydrogen (secondary N) is 1. The predicted octanol–water partition coefficient (Wildman–Crippen LogP) is 3.96. The fourth-order valence-electron chi connectivity index (χ4n) is 4.28. The molecule has 1 N–H and O–H groups in total. The van der Waals surface area contributed by atoms with Crippen LogP contribution in [0.1, 0.15) is 50.5 Å². The Morgan fingerprint density at radius 3 is 2.62 bits per heavy atom. The summed E-state index contributed by atoms with van der Waals surface area (Å²) < 4.78 is 0. The smallest absolute Gasteiger partial charge is 0.0412 e. The van der Waals surface area contributed by atoms with Crippen LogP contribution in [-0.4, -0.2) is 19.1 Å². The highest BCUT2D eigenvalue weighted by Crippen LogP contribution is 2.36. The highest BCUT2D eigenvalue weighted by atomic mass is 15.2. The van der Waals surface area contributed by atoms with Gasteiger partial charge in [-0.1, -0.05) is 37.5 Å². The summed E-state index contributed by atoms with van der Waals surface area (Å²) in [6.45, 7) is 3.55. The topological polar surface area (TPSA) is 15.3 Å². The van der Waals surface area contributed by atoms with Gasteiger partial charge in [-0.3, -0.25) is 0 Å². The van der Waals surface area contributed by atoms with E-state index >= 15 is 0 Å². The number of anilines is 1. The van der Waals surface area contributed by atoms with Crippen molar-refractivity contribution >= 4 is 5.69 Å². The van der Waals surface area contributed by atoms with E-state index in [9.17, 15) is 0 Å². The van der Waals surface area contributed by atoms with Crippen molar-refractivity contribution in [3.63, 3.8) is 0 Å². The summed E-state index contributed by atoms with van der Waals surface area (Å²) in [5.74, 6) is 1.86. The lowest BCUT2D eigenvalue weighted by Gasteiger charge is -2.33. The minimum Gasteiger partial charge on any atom is -0.369 e. The Hall–Kier alpha value is -1.02. The molecule has 1 heterocycles. The Kier molecular flexibility index (Phi) is 3.89. The lowest BCUT2D eigenvalue weighted by Crippen LogP contribution is -2.41. The van der Waals surface area contributed by atoms with Gasteiger partial charge in [-0.15, -0.1) is 0 Å². The van der Waals surface area contributed by atoms with Crippen molar-refractivity contribution in [3.05, 3.63) is 29.8 Å². The van der Waals surface area contributed by atoms with E-state index in [0.717, 1.165) is 18.4 Å². The van der Waals surface area contributed by atoms with Crippen molar-refractivity contribution in [2.75, 3.05) is 18.0 Å². The second-order valence-electron chi connectivity index (χ2n) is 7.36. The van der Waals surface area contributed by atoms with Crippen molar-refractivity contribution < 1.29 is 0 Å². The molecule has 0 radical (unpaired) electrons. The molecule has 0 bridgehead atoms. The zero-order valence-electron chi connectivity index (χ0n) is 13.1. The number of benzene rings is 1. The minimum atomic E-state index is 0.709. The molecule has 2 fully saturated rings. The molecule has 1 aromatic carbocycles. The van der Waals surface area contributed by atoms with Gasteiger partial charge in [0.2, 0.25) is 0 Å². The lowest BCUT2D eigenvalue weighted by atomic mass is 9.88. The largest absolute Gasteiger partial charge is 0.369 e. The van der Waals surface area contributed by atoms with Crippen molar-refractivity contribution in [2.24, 2.45) is 11.8 Å². The first-order chi connectivity index (χ1) is 10.4. The average molecular weight is 284 g/mol. The molecule has 2 aliphatic carbocycles. The van der Waals surface area contributed by atoms with Gasteiger partial charge in [0.05, 0.1) is 0 Å². The second-order valence-corrected chi connectivity index (χ2v) is 7.36. The molecule has 1 atom stereocenters. The van der Waals surface area contributed by atoms with Gasteiger partial charge in [0.25, 0.3) is 0 Å². The van der Waals surface area contributed by atoms with Crippen LogP contribution in [-0.2, 0) is 6.54 Å². The summed E-state index contributed by atoms with van der Waals surface area (Å²) >= 11 is 0. The van der Waals surface area contributed by atoms with Crippen molar-refractivity contribution in [3.8, 4) is 0 Å². The van der Waals surface area contributed by atoms with Gasteiger partial charge in [-0.05, 0) is 49.1 Å². The number of nitrogens with zero attached hydrogens (tertiary/aromatic N) is 1. The summed E-state index contributed by atoms with van der Waals surface area (Å²) in [7, 11) is 0. The molecule has 114 valence electrons. The molecule has 0 aromatic heterocycles. The Morgan fingerprint density at radius 2 is 1.81 bits per heavy atom. The fraction of sp³-hybridized carbons (Fsp3) is 0.684. The molecular formula is C19H28N2. The van der Waals surface area contributed by atoms with E-state index in [1.165, 1.54) is 69.3 Å². The number of hydrogen-bond acceptors (Lipinski definition) is 2. The monoisotopic (exact) mass is 284 g/mol.